The molecule has 28 heavy (non-hydrogen) atoms. The molecule has 1 fully saturated rings. The lowest BCUT2D eigenvalue weighted by atomic mass is 9.97. The second kappa shape index (κ2) is 8.19. The van der Waals surface area contributed by atoms with E-state index >= 15 is 0 Å². The van der Waals surface area contributed by atoms with Crippen molar-refractivity contribution in [3.8, 4) is 0 Å². The van der Waals surface area contributed by atoms with Crippen LogP contribution in [0.1, 0.15) is 43.5 Å². The van der Waals surface area contributed by atoms with Crippen LogP contribution >= 0.6 is 0 Å². The highest BCUT2D eigenvalue weighted by molar-refractivity contribution is 5.68. The summed E-state index contributed by atoms with van der Waals surface area (Å²) in [4.78, 5) is 20.8. The van der Waals surface area contributed by atoms with Gasteiger partial charge >= 0.3 is 6.09 Å². The number of aryl methyl sites for hydroxylation is 1. The van der Waals surface area contributed by atoms with E-state index in [1.807, 2.05) is 57.3 Å². The van der Waals surface area contributed by atoms with E-state index < -0.39 is 5.60 Å². The minimum Gasteiger partial charge on any atom is -0.444 e. The molecule has 1 aromatic heterocycles. The standard InChI is InChI=1S/C22H30N4O2/c1-16-14-19(24-15-18(16)20(23)17-8-6-5-7-9-17)25-10-12-26(13-11-25)21(27)28-22(2,3)4/h5-9,14-15,20H,10-13,23H2,1-4H3. The fourth-order valence-corrected chi connectivity index (χ4v) is 3.33. The molecule has 6 nitrogen and oxygen atoms in total. The van der Waals surface area contributed by atoms with Crippen LogP contribution in [0.25, 0.3) is 0 Å². The van der Waals surface area contributed by atoms with Gasteiger partial charge in [-0.3, -0.25) is 0 Å². The number of rotatable bonds is 3. The molecule has 1 aliphatic rings. The second-order valence-corrected chi connectivity index (χ2v) is 8.24. The highest BCUT2D eigenvalue weighted by atomic mass is 16.6. The van der Waals surface area contributed by atoms with E-state index in [0.29, 0.717) is 13.1 Å². The number of aromatic nitrogens is 1. The van der Waals surface area contributed by atoms with Crippen molar-refractivity contribution in [3.05, 3.63) is 59.3 Å². The zero-order valence-corrected chi connectivity index (χ0v) is 17.2. The zero-order valence-electron chi connectivity index (χ0n) is 17.2. The van der Waals surface area contributed by atoms with Gasteiger partial charge in [0.15, 0.2) is 0 Å². The molecule has 1 saturated heterocycles. The predicted octanol–water partition coefficient (Wildman–Crippen LogP) is 3.50. The van der Waals surface area contributed by atoms with Crippen molar-refractivity contribution in [1.82, 2.24) is 9.88 Å². The summed E-state index contributed by atoms with van der Waals surface area (Å²) < 4.78 is 5.46. The van der Waals surface area contributed by atoms with Crippen molar-refractivity contribution in [2.45, 2.75) is 39.3 Å². The molecule has 1 aliphatic heterocycles. The lowest BCUT2D eigenvalue weighted by molar-refractivity contribution is 0.0240. The lowest BCUT2D eigenvalue weighted by Crippen LogP contribution is -2.50. The van der Waals surface area contributed by atoms with Gasteiger partial charge in [-0.15, -0.1) is 0 Å². The van der Waals surface area contributed by atoms with Gasteiger partial charge in [0.25, 0.3) is 0 Å². The van der Waals surface area contributed by atoms with Crippen molar-refractivity contribution in [3.63, 3.8) is 0 Å². The number of carbonyl (C=O) groups excluding carboxylic acids is 1. The van der Waals surface area contributed by atoms with Gasteiger partial charge in [-0.25, -0.2) is 9.78 Å². The molecule has 1 unspecified atom stereocenters. The van der Waals surface area contributed by atoms with Crippen LogP contribution in [-0.4, -0.2) is 47.8 Å². The molecule has 0 aliphatic carbocycles. The van der Waals surface area contributed by atoms with Crippen LogP contribution in [-0.2, 0) is 4.74 Å². The van der Waals surface area contributed by atoms with Crippen molar-refractivity contribution in [2.75, 3.05) is 31.1 Å². The Hall–Kier alpha value is -2.60. The highest BCUT2D eigenvalue weighted by Gasteiger charge is 2.26. The predicted molar refractivity (Wildman–Crippen MR) is 111 cm³/mol. The van der Waals surface area contributed by atoms with Crippen molar-refractivity contribution < 1.29 is 9.53 Å². The SMILES string of the molecule is Cc1cc(N2CCN(C(=O)OC(C)(C)C)CC2)ncc1C(N)c1ccccc1. The normalized spacial score (nSPS) is 16.0. The maximum Gasteiger partial charge on any atom is 0.410 e. The fourth-order valence-electron chi connectivity index (χ4n) is 3.33. The fraction of sp³-hybridized carbons (Fsp3) is 0.455. The van der Waals surface area contributed by atoms with Crippen LogP contribution in [0.5, 0.6) is 0 Å². The average Bonchev–Trinajstić information content (AvgIpc) is 2.67. The first-order valence-corrected chi connectivity index (χ1v) is 9.74. The van der Waals surface area contributed by atoms with Gasteiger partial charge < -0.3 is 20.3 Å². The number of benzene rings is 1. The lowest BCUT2D eigenvalue weighted by Gasteiger charge is -2.36. The Morgan fingerprint density at radius 1 is 1.14 bits per heavy atom. The first-order valence-electron chi connectivity index (χ1n) is 9.74. The number of carbonyl (C=O) groups is 1. The Morgan fingerprint density at radius 2 is 1.79 bits per heavy atom. The van der Waals surface area contributed by atoms with E-state index in [2.05, 4.69) is 22.9 Å². The smallest absolute Gasteiger partial charge is 0.410 e. The van der Waals surface area contributed by atoms with Crippen LogP contribution in [0.15, 0.2) is 42.6 Å². The minimum absolute atomic E-state index is 0.188. The Morgan fingerprint density at radius 3 is 2.36 bits per heavy atom. The molecule has 0 saturated carbocycles. The molecule has 0 radical (unpaired) electrons. The molecule has 2 heterocycles. The molecule has 1 aromatic carbocycles. The number of pyridine rings is 1. The monoisotopic (exact) mass is 382 g/mol. The van der Waals surface area contributed by atoms with Gasteiger partial charge in [-0.2, -0.15) is 0 Å². The summed E-state index contributed by atoms with van der Waals surface area (Å²) in [7, 11) is 0. The summed E-state index contributed by atoms with van der Waals surface area (Å²) in [6.07, 6.45) is 1.63. The van der Waals surface area contributed by atoms with E-state index in [9.17, 15) is 4.79 Å². The molecule has 6 heteroatoms. The number of hydrogen-bond acceptors (Lipinski definition) is 5. The van der Waals surface area contributed by atoms with Crippen molar-refractivity contribution in [1.29, 1.82) is 0 Å². The van der Waals surface area contributed by atoms with E-state index in [0.717, 1.165) is 35.6 Å². The van der Waals surface area contributed by atoms with Gasteiger partial charge in [0.1, 0.15) is 11.4 Å². The average molecular weight is 383 g/mol. The van der Waals surface area contributed by atoms with E-state index in [1.165, 1.54) is 0 Å². The quantitative estimate of drug-likeness (QED) is 0.880. The van der Waals surface area contributed by atoms with E-state index in [-0.39, 0.29) is 12.1 Å². The van der Waals surface area contributed by atoms with E-state index in [1.54, 1.807) is 4.90 Å². The number of amides is 1. The maximum absolute atomic E-state index is 12.2. The number of hydrogen-bond donors (Lipinski definition) is 1. The third-order valence-corrected chi connectivity index (χ3v) is 4.89. The van der Waals surface area contributed by atoms with Crippen LogP contribution in [0.2, 0.25) is 0 Å². The largest absolute Gasteiger partial charge is 0.444 e. The van der Waals surface area contributed by atoms with Crippen LogP contribution in [0.4, 0.5) is 10.6 Å². The topological polar surface area (TPSA) is 71.7 Å². The van der Waals surface area contributed by atoms with Gasteiger partial charge in [-0.05, 0) is 50.5 Å². The van der Waals surface area contributed by atoms with Crippen LogP contribution in [0, 0.1) is 6.92 Å². The first-order chi connectivity index (χ1) is 13.2. The highest BCUT2D eigenvalue weighted by Crippen LogP contribution is 2.25. The number of piperazine rings is 1. The minimum atomic E-state index is -0.472. The molecule has 150 valence electrons. The van der Waals surface area contributed by atoms with E-state index in [4.69, 9.17) is 10.5 Å². The van der Waals surface area contributed by atoms with Crippen molar-refractivity contribution in [2.24, 2.45) is 5.73 Å². The second-order valence-electron chi connectivity index (χ2n) is 8.24. The molecule has 2 N–H and O–H groups in total. The number of ether oxygens (including phenoxy) is 1. The molecule has 2 aromatic rings. The van der Waals surface area contributed by atoms with Gasteiger partial charge in [-0.1, -0.05) is 30.3 Å². The van der Waals surface area contributed by atoms with Crippen molar-refractivity contribution >= 4 is 11.9 Å². The Labute approximate surface area is 167 Å². The molecular formula is C22H30N4O2. The van der Waals surface area contributed by atoms with Crippen LogP contribution in [0.3, 0.4) is 0 Å². The molecule has 0 bridgehead atoms. The summed E-state index contributed by atoms with van der Waals surface area (Å²) in [6.45, 7) is 10.4. The third kappa shape index (κ3) is 4.81. The number of anilines is 1. The molecule has 0 spiro atoms. The summed E-state index contributed by atoms with van der Waals surface area (Å²) in [5.74, 6) is 0.922. The molecule has 1 amide bonds. The summed E-state index contributed by atoms with van der Waals surface area (Å²) in [6, 6.07) is 11.9. The van der Waals surface area contributed by atoms with Gasteiger partial charge in [0.2, 0.25) is 0 Å². The Kier molecular flexibility index (Phi) is 5.89. The molecular weight excluding hydrogens is 352 g/mol. The summed E-state index contributed by atoms with van der Waals surface area (Å²) in [5.41, 5.74) is 9.19. The summed E-state index contributed by atoms with van der Waals surface area (Å²) in [5, 5.41) is 0. The van der Waals surface area contributed by atoms with Gasteiger partial charge in [0.05, 0.1) is 6.04 Å². The third-order valence-electron chi connectivity index (χ3n) is 4.89. The number of nitrogens with zero attached hydrogens (tertiary/aromatic N) is 3. The zero-order chi connectivity index (χ0) is 20.3. The molecule has 3 rings (SSSR count). The number of nitrogens with two attached hydrogens (primary N) is 1. The van der Waals surface area contributed by atoms with Crippen LogP contribution < -0.4 is 10.6 Å². The first kappa shape index (κ1) is 20.1. The Balaban J connectivity index is 1.65. The summed E-state index contributed by atoms with van der Waals surface area (Å²) >= 11 is 0. The molecule has 1 atom stereocenters. The van der Waals surface area contributed by atoms with Gasteiger partial charge in [0, 0.05) is 32.4 Å². The maximum atomic E-state index is 12.2. The Bertz CT molecular complexity index is 809.